The maximum Gasteiger partial charge on any atom is 0.122 e. The monoisotopic (exact) mass is 305 g/mol. The molecule has 0 aliphatic carbocycles. The molecule has 1 aromatic carbocycles. The van der Waals surface area contributed by atoms with Crippen molar-refractivity contribution in [1.82, 2.24) is 4.90 Å². The van der Waals surface area contributed by atoms with Crippen molar-refractivity contribution < 1.29 is 9.84 Å². The number of hydrogen-bond donors (Lipinski definition) is 1. The first-order valence-corrected chi connectivity index (χ1v) is 8.50. The first-order chi connectivity index (χ1) is 10.3. The van der Waals surface area contributed by atoms with Gasteiger partial charge in [0.15, 0.2) is 0 Å². The van der Waals surface area contributed by atoms with E-state index in [1.54, 1.807) is 0 Å². The van der Waals surface area contributed by atoms with Crippen LogP contribution < -0.4 is 0 Å². The highest BCUT2D eigenvalue weighted by Crippen LogP contribution is 2.35. The topological polar surface area (TPSA) is 32.7 Å². The van der Waals surface area contributed by atoms with Gasteiger partial charge in [0.25, 0.3) is 0 Å². The smallest absolute Gasteiger partial charge is 0.122 e. The zero-order valence-electron chi connectivity index (χ0n) is 14.9. The van der Waals surface area contributed by atoms with E-state index in [2.05, 4.69) is 58.6 Å². The molecule has 1 aliphatic heterocycles. The van der Waals surface area contributed by atoms with Crippen molar-refractivity contribution in [3.8, 4) is 5.75 Å². The van der Waals surface area contributed by atoms with Crippen molar-refractivity contribution in [2.75, 3.05) is 13.2 Å². The van der Waals surface area contributed by atoms with E-state index in [1.807, 2.05) is 0 Å². The molecule has 0 unspecified atom stereocenters. The molecule has 1 N–H and O–H groups in total. The minimum atomic E-state index is 0.331. The SMILES string of the molecule is CC(C)c1cc(CN2[C@@H](C)COC[C@@H]2C)cc(C(C)C)c1O. The van der Waals surface area contributed by atoms with Crippen molar-refractivity contribution in [3.05, 3.63) is 28.8 Å². The van der Waals surface area contributed by atoms with Crippen molar-refractivity contribution in [1.29, 1.82) is 0 Å². The summed E-state index contributed by atoms with van der Waals surface area (Å²) in [6, 6.07) is 5.23. The van der Waals surface area contributed by atoms with Crippen LogP contribution in [0.5, 0.6) is 5.75 Å². The minimum absolute atomic E-state index is 0.331. The van der Waals surface area contributed by atoms with Crippen LogP contribution in [0.1, 0.15) is 70.1 Å². The fraction of sp³-hybridized carbons (Fsp3) is 0.684. The number of hydrogen-bond acceptors (Lipinski definition) is 3. The molecule has 0 spiro atoms. The van der Waals surface area contributed by atoms with Crippen LogP contribution in [0.4, 0.5) is 0 Å². The van der Waals surface area contributed by atoms with Crippen molar-refractivity contribution in [2.24, 2.45) is 0 Å². The lowest BCUT2D eigenvalue weighted by atomic mass is 9.91. The Kier molecular flexibility index (Phi) is 5.51. The second-order valence-corrected chi connectivity index (χ2v) is 7.34. The van der Waals surface area contributed by atoms with E-state index in [9.17, 15) is 5.11 Å². The van der Waals surface area contributed by atoms with E-state index < -0.39 is 0 Å². The van der Waals surface area contributed by atoms with Crippen molar-refractivity contribution in [2.45, 2.75) is 72.0 Å². The number of rotatable bonds is 4. The Hall–Kier alpha value is -1.06. The lowest BCUT2D eigenvalue weighted by Crippen LogP contribution is -2.48. The molecule has 0 bridgehead atoms. The van der Waals surface area contributed by atoms with E-state index >= 15 is 0 Å². The zero-order valence-corrected chi connectivity index (χ0v) is 14.9. The molecule has 3 heteroatoms. The van der Waals surface area contributed by atoms with Crippen LogP contribution in [-0.4, -0.2) is 35.3 Å². The molecule has 2 atom stereocenters. The van der Waals surface area contributed by atoms with Crippen molar-refractivity contribution in [3.63, 3.8) is 0 Å². The average Bonchev–Trinajstić information content (AvgIpc) is 2.43. The highest BCUT2D eigenvalue weighted by molar-refractivity contribution is 5.46. The third-order valence-corrected chi connectivity index (χ3v) is 4.69. The lowest BCUT2D eigenvalue weighted by Gasteiger charge is -2.39. The molecule has 124 valence electrons. The molecule has 0 amide bonds. The predicted molar refractivity (Wildman–Crippen MR) is 91.6 cm³/mol. The zero-order chi connectivity index (χ0) is 16.4. The van der Waals surface area contributed by atoms with Crippen molar-refractivity contribution >= 4 is 0 Å². The van der Waals surface area contributed by atoms with Gasteiger partial charge in [0.2, 0.25) is 0 Å². The number of phenolic OH excluding ortho intramolecular Hbond substituents is 1. The molecular formula is C19H31NO2. The number of phenols is 1. The molecule has 1 aromatic rings. The third kappa shape index (κ3) is 3.64. The largest absolute Gasteiger partial charge is 0.507 e. The average molecular weight is 305 g/mol. The van der Waals surface area contributed by atoms with Gasteiger partial charge in [-0.3, -0.25) is 4.90 Å². The highest BCUT2D eigenvalue weighted by Gasteiger charge is 2.26. The van der Waals surface area contributed by atoms with E-state index in [-0.39, 0.29) is 0 Å². The van der Waals surface area contributed by atoms with E-state index in [0.29, 0.717) is 29.7 Å². The van der Waals surface area contributed by atoms with Crippen LogP contribution in [0.2, 0.25) is 0 Å². The molecule has 0 aromatic heterocycles. The quantitative estimate of drug-likeness (QED) is 0.902. The fourth-order valence-corrected chi connectivity index (χ4v) is 3.27. The fourth-order valence-electron chi connectivity index (χ4n) is 3.27. The standard InChI is InChI=1S/C19H31NO2/c1-12(2)17-7-16(8-18(13(3)4)19(17)21)9-20-14(5)10-22-11-15(20)6/h7-8,12-15,21H,9-11H2,1-6H3/t14-,15-/m0/s1. The number of ether oxygens (including phenoxy) is 1. The summed E-state index contributed by atoms with van der Waals surface area (Å²) in [4.78, 5) is 2.50. The van der Waals surface area contributed by atoms with Crippen LogP contribution in [0.25, 0.3) is 0 Å². The Morgan fingerprint density at radius 2 is 1.50 bits per heavy atom. The molecule has 1 heterocycles. The Balaban J connectivity index is 2.34. The van der Waals surface area contributed by atoms with E-state index in [1.165, 1.54) is 5.56 Å². The summed E-state index contributed by atoms with van der Waals surface area (Å²) in [5, 5.41) is 10.5. The summed E-state index contributed by atoms with van der Waals surface area (Å²) in [7, 11) is 0. The van der Waals surface area contributed by atoms with Gasteiger partial charge in [-0.25, -0.2) is 0 Å². The Morgan fingerprint density at radius 1 is 1.05 bits per heavy atom. The van der Waals surface area contributed by atoms with Gasteiger partial charge in [-0.1, -0.05) is 39.8 Å². The molecular weight excluding hydrogens is 274 g/mol. The Labute approximate surface area is 135 Å². The normalized spacial score (nSPS) is 23.5. The van der Waals surface area contributed by atoms with Gasteiger partial charge in [0.1, 0.15) is 5.75 Å². The molecule has 1 aliphatic rings. The summed E-state index contributed by atoms with van der Waals surface area (Å²) in [6.07, 6.45) is 0. The van der Waals surface area contributed by atoms with E-state index in [4.69, 9.17) is 4.74 Å². The Bertz CT molecular complexity index is 471. The first kappa shape index (κ1) is 17.3. The highest BCUT2D eigenvalue weighted by atomic mass is 16.5. The molecule has 1 saturated heterocycles. The first-order valence-electron chi connectivity index (χ1n) is 8.50. The van der Waals surface area contributed by atoms with Gasteiger partial charge in [0.05, 0.1) is 13.2 Å². The van der Waals surface area contributed by atoms with Gasteiger partial charge in [-0.15, -0.1) is 0 Å². The Morgan fingerprint density at radius 3 is 1.91 bits per heavy atom. The van der Waals surface area contributed by atoms with Gasteiger partial charge in [-0.05, 0) is 42.4 Å². The van der Waals surface area contributed by atoms with Crippen LogP contribution in [0.15, 0.2) is 12.1 Å². The number of nitrogens with zero attached hydrogens (tertiary/aromatic N) is 1. The molecule has 0 radical (unpaired) electrons. The van der Waals surface area contributed by atoms with Gasteiger partial charge in [-0.2, -0.15) is 0 Å². The summed E-state index contributed by atoms with van der Waals surface area (Å²) in [6.45, 7) is 15.5. The molecule has 2 rings (SSSR count). The predicted octanol–water partition coefficient (Wildman–Crippen LogP) is 4.25. The summed E-state index contributed by atoms with van der Waals surface area (Å²) in [5.41, 5.74) is 3.43. The molecule has 22 heavy (non-hydrogen) atoms. The second-order valence-electron chi connectivity index (χ2n) is 7.34. The van der Waals surface area contributed by atoms with Gasteiger partial charge in [0, 0.05) is 18.6 Å². The van der Waals surface area contributed by atoms with Gasteiger partial charge >= 0.3 is 0 Å². The molecule has 0 saturated carbocycles. The second kappa shape index (κ2) is 7.01. The van der Waals surface area contributed by atoms with Gasteiger partial charge < -0.3 is 9.84 Å². The molecule has 3 nitrogen and oxygen atoms in total. The lowest BCUT2D eigenvalue weighted by molar-refractivity contribution is -0.0409. The van der Waals surface area contributed by atoms with E-state index in [0.717, 1.165) is 30.9 Å². The number of benzene rings is 1. The maximum absolute atomic E-state index is 10.5. The number of aromatic hydroxyl groups is 1. The van der Waals surface area contributed by atoms with Crippen LogP contribution in [0.3, 0.4) is 0 Å². The summed E-state index contributed by atoms with van der Waals surface area (Å²) >= 11 is 0. The maximum atomic E-state index is 10.5. The van der Waals surface area contributed by atoms with Crippen LogP contribution in [-0.2, 0) is 11.3 Å². The third-order valence-electron chi connectivity index (χ3n) is 4.69. The van der Waals surface area contributed by atoms with Crippen LogP contribution >= 0.6 is 0 Å². The summed E-state index contributed by atoms with van der Waals surface area (Å²) in [5.74, 6) is 1.14. The van der Waals surface area contributed by atoms with Crippen LogP contribution in [0, 0.1) is 0 Å². The minimum Gasteiger partial charge on any atom is -0.507 e. The summed E-state index contributed by atoms with van der Waals surface area (Å²) < 4.78 is 5.62. The molecule has 1 fully saturated rings. The number of morpholine rings is 1.